The highest BCUT2D eigenvalue weighted by molar-refractivity contribution is 6.31. The molecule has 0 radical (unpaired) electrons. The van der Waals surface area contributed by atoms with E-state index < -0.39 is 0 Å². The van der Waals surface area contributed by atoms with Gasteiger partial charge in [0, 0.05) is 24.4 Å². The van der Waals surface area contributed by atoms with Crippen LogP contribution in [0.5, 0.6) is 0 Å². The Kier molecular flexibility index (Phi) is 5.68. The molecule has 6 nitrogen and oxygen atoms in total. The molecule has 0 fully saturated rings. The topological polar surface area (TPSA) is 76.1 Å². The lowest BCUT2D eigenvalue weighted by molar-refractivity contribution is 0.102. The molecule has 1 amide bonds. The summed E-state index contributed by atoms with van der Waals surface area (Å²) in [5.41, 5.74) is 1.70. The lowest BCUT2D eigenvalue weighted by Crippen LogP contribution is -2.16. The Labute approximate surface area is 133 Å². The van der Waals surface area contributed by atoms with Crippen molar-refractivity contribution in [1.82, 2.24) is 9.97 Å². The first kappa shape index (κ1) is 16.2. The maximum absolute atomic E-state index is 12.2. The van der Waals surface area contributed by atoms with Gasteiger partial charge >= 0.3 is 0 Å². The number of ether oxygens (including phenoxy) is 1. The fourth-order valence-corrected chi connectivity index (χ4v) is 1.92. The van der Waals surface area contributed by atoms with Gasteiger partial charge in [-0.15, -0.1) is 0 Å². The van der Waals surface area contributed by atoms with E-state index in [1.807, 2.05) is 6.92 Å². The molecule has 0 atom stereocenters. The minimum absolute atomic E-state index is 0.233. The van der Waals surface area contributed by atoms with Crippen molar-refractivity contribution in [2.45, 2.75) is 6.92 Å². The van der Waals surface area contributed by atoms with Gasteiger partial charge in [0.15, 0.2) is 0 Å². The number of hydrogen-bond donors (Lipinski definition) is 2. The molecule has 1 aromatic carbocycles. The minimum Gasteiger partial charge on any atom is -0.383 e. The molecule has 0 bridgehead atoms. The van der Waals surface area contributed by atoms with E-state index in [2.05, 4.69) is 20.6 Å². The Morgan fingerprint density at radius 2 is 2.14 bits per heavy atom. The zero-order valence-electron chi connectivity index (χ0n) is 12.4. The highest BCUT2D eigenvalue weighted by Crippen LogP contribution is 2.23. The minimum atomic E-state index is -0.332. The summed E-state index contributed by atoms with van der Waals surface area (Å²) in [6, 6.07) is 5.33. The van der Waals surface area contributed by atoms with Crippen molar-refractivity contribution in [2.75, 3.05) is 30.9 Å². The van der Waals surface area contributed by atoms with Crippen molar-refractivity contribution in [3.05, 3.63) is 46.9 Å². The number of anilines is 2. The fourth-order valence-electron chi connectivity index (χ4n) is 1.75. The largest absolute Gasteiger partial charge is 0.383 e. The van der Waals surface area contributed by atoms with Crippen molar-refractivity contribution in [3.8, 4) is 0 Å². The van der Waals surface area contributed by atoms with E-state index in [-0.39, 0.29) is 11.6 Å². The van der Waals surface area contributed by atoms with Gasteiger partial charge in [0.05, 0.1) is 19.0 Å². The summed E-state index contributed by atoms with van der Waals surface area (Å²) in [6.45, 7) is 3.03. The number of methoxy groups -OCH3 is 1. The number of aromatic nitrogens is 2. The van der Waals surface area contributed by atoms with E-state index >= 15 is 0 Å². The molecule has 1 heterocycles. The number of halogens is 1. The number of carbonyl (C=O) groups excluding carboxylic acids is 1. The van der Waals surface area contributed by atoms with Crippen molar-refractivity contribution in [1.29, 1.82) is 0 Å². The van der Waals surface area contributed by atoms with Gasteiger partial charge in [-0.3, -0.25) is 4.79 Å². The smallest absolute Gasteiger partial charge is 0.275 e. The van der Waals surface area contributed by atoms with Crippen molar-refractivity contribution < 1.29 is 9.53 Å². The number of benzene rings is 1. The summed E-state index contributed by atoms with van der Waals surface area (Å²) in [5, 5.41) is 6.40. The summed E-state index contributed by atoms with van der Waals surface area (Å²) in [6.07, 6.45) is 2.93. The van der Waals surface area contributed by atoms with E-state index in [0.717, 1.165) is 5.56 Å². The molecule has 116 valence electrons. The van der Waals surface area contributed by atoms with Gasteiger partial charge in [-0.25, -0.2) is 9.97 Å². The second-order valence-electron chi connectivity index (χ2n) is 4.57. The van der Waals surface area contributed by atoms with Crippen LogP contribution in [-0.4, -0.2) is 36.1 Å². The van der Waals surface area contributed by atoms with E-state index in [1.165, 1.54) is 12.4 Å². The standard InChI is InChI=1S/C15H17ClN4O2/c1-10-11(16)4-3-5-12(10)20-15(21)13-8-19-14(9-18-13)17-6-7-22-2/h3-5,8-9H,6-7H2,1-2H3,(H,17,19)(H,20,21). The number of nitrogens with zero attached hydrogens (tertiary/aromatic N) is 2. The molecule has 0 saturated heterocycles. The third-order valence-electron chi connectivity index (χ3n) is 3.01. The van der Waals surface area contributed by atoms with Gasteiger partial charge in [0.1, 0.15) is 11.5 Å². The Hall–Kier alpha value is -2.18. The molecule has 0 spiro atoms. The van der Waals surface area contributed by atoms with Crippen LogP contribution >= 0.6 is 11.6 Å². The molecule has 0 aliphatic rings. The third kappa shape index (κ3) is 4.16. The third-order valence-corrected chi connectivity index (χ3v) is 3.42. The van der Waals surface area contributed by atoms with E-state index in [1.54, 1.807) is 25.3 Å². The number of amides is 1. The molecule has 0 aliphatic carbocycles. The van der Waals surface area contributed by atoms with E-state index in [4.69, 9.17) is 16.3 Å². The fraction of sp³-hybridized carbons (Fsp3) is 0.267. The Balaban J connectivity index is 2.02. The summed E-state index contributed by atoms with van der Waals surface area (Å²) in [5.74, 6) is 0.258. The SMILES string of the molecule is COCCNc1cnc(C(=O)Nc2cccc(Cl)c2C)cn1. The number of carbonyl (C=O) groups is 1. The molecule has 0 aliphatic heterocycles. The van der Waals surface area contributed by atoms with Crippen LogP contribution in [0.4, 0.5) is 11.5 Å². The van der Waals surface area contributed by atoms with Crippen LogP contribution in [0.2, 0.25) is 5.02 Å². The molecule has 7 heteroatoms. The predicted molar refractivity (Wildman–Crippen MR) is 86.5 cm³/mol. The van der Waals surface area contributed by atoms with Crippen LogP contribution in [0.15, 0.2) is 30.6 Å². The van der Waals surface area contributed by atoms with Crippen LogP contribution in [-0.2, 0) is 4.74 Å². The molecular formula is C15H17ClN4O2. The molecular weight excluding hydrogens is 304 g/mol. The quantitative estimate of drug-likeness (QED) is 0.800. The number of rotatable bonds is 6. The van der Waals surface area contributed by atoms with Crippen molar-refractivity contribution in [3.63, 3.8) is 0 Å². The zero-order chi connectivity index (χ0) is 15.9. The van der Waals surface area contributed by atoms with Gasteiger partial charge in [-0.1, -0.05) is 17.7 Å². The monoisotopic (exact) mass is 320 g/mol. The molecule has 0 saturated carbocycles. The summed E-state index contributed by atoms with van der Waals surface area (Å²) >= 11 is 6.03. The maximum atomic E-state index is 12.2. The summed E-state index contributed by atoms with van der Waals surface area (Å²) in [4.78, 5) is 20.4. The van der Waals surface area contributed by atoms with Crippen LogP contribution < -0.4 is 10.6 Å². The first-order valence-electron chi connectivity index (χ1n) is 6.73. The number of nitrogens with one attached hydrogen (secondary N) is 2. The lowest BCUT2D eigenvalue weighted by atomic mass is 10.2. The highest BCUT2D eigenvalue weighted by Gasteiger charge is 2.10. The van der Waals surface area contributed by atoms with E-state index in [0.29, 0.717) is 29.7 Å². The average molecular weight is 321 g/mol. The second kappa shape index (κ2) is 7.72. The lowest BCUT2D eigenvalue weighted by Gasteiger charge is -2.09. The second-order valence-corrected chi connectivity index (χ2v) is 4.98. The zero-order valence-corrected chi connectivity index (χ0v) is 13.1. The van der Waals surface area contributed by atoms with Gasteiger partial charge in [-0.2, -0.15) is 0 Å². The molecule has 0 unspecified atom stereocenters. The van der Waals surface area contributed by atoms with Gasteiger partial charge in [-0.05, 0) is 24.6 Å². The highest BCUT2D eigenvalue weighted by atomic mass is 35.5. The van der Waals surface area contributed by atoms with Gasteiger partial charge in [0.25, 0.3) is 5.91 Å². The number of hydrogen-bond acceptors (Lipinski definition) is 5. The summed E-state index contributed by atoms with van der Waals surface area (Å²) < 4.78 is 4.93. The normalized spacial score (nSPS) is 10.3. The Bertz CT molecular complexity index is 646. The van der Waals surface area contributed by atoms with Crippen LogP contribution in [0.25, 0.3) is 0 Å². The average Bonchev–Trinajstić information content (AvgIpc) is 2.53. The van der Waals surface area contributed by atoms with E-state index in [9.17, 15) is 4.79 Å². The van der Waals surface area contributed by atoms with Crippen molar-refractivity contribution >= 4 is 29.0 Å². The predicted octanol–water partition coefficient (Wildman–Crippen LogP) is 2.75. The van der Waals surface area contributed by atoms with Gasteiger partial charge in [0.2, 0.25) is 0 Å². The first-order chi connectivity index (χ1) is 10.6. The molecule has 2 rings (SSSR count). The Morgan fingerprint density at radius 3 is 2.82 bits per heavy atom. The Morgan fingerprint density at radius 1 is 1.32 bits per heavy atom. The van der Waals surface area contributed by atoms with Gasteiger partial charge < -0.3 is 15.4 Å². The molecule has 2 N–H and O–H groups in total. The van der Waals surface area contributed by atoms with Crippen LogP contribution in [0, 0.1) is 6.92 Å². The maximum Gasteiger partial charge on any atom is 0.275 e. The van der Waals surface area contributed by atoms with Crippen molar-refractivity contribution in [2.24, 2.45) is 0 Å². The molecule has 2 aromatic rings. The first-order valence-corrected chi connectivity index (χ1v) is 7.11. The summed E-state index contributed by atoms with van der Waals surface area (Å²) in [7, 11) is 1.62. The molecule has 22 heavy (non-hydrogen) atoms. The van der Waals surface area contributed by atoms with Crippen LogP contribution in [0.3, 0.4) is 0 Å². The molecule has 1 aromatic heterocycles. The van der Waals surface area contributed by atoms with Crippen LogP contribution in [0.1, 0.15) is 16.1 Å².